The van der Waals surface area contributed by atoms with Crippen molar-refractivity contribution in [2.24, 2.45) is 0 Å². The van der Waals surface area contributed by atoms with Gasteiger partial charge >= 0.3 is 0 Å². The van der Waals surface area contributed by atoms with Gasteiger partial charge in [-0.25, -0.2) is 9.97 Å². The van der Waals surface area contributed by atoms with Crippen LogP contribution in [0.15, 0.2) is 211 Å². The molecule has 5 aromatic heterocycles. The molecule has 4 aromatic carbocycles. The van der Waals surface area contributed by atoms with E-state index in [-0.39, 0.29) is 0 Å². The van der Waals surface area contributed by atoms with E-state index in [1.165, 1.54) is 0 Å². The number of furan rings is 1. The van der Waals surface area contributed by atoms with Gasteiger partial charge in [0, 0.05) is 71.1 Å². The Hall–Kier alpha value is -7.64. The molecular weight excluding hydrogens is 677 g/mol. The Morgan fingerprint density at radius 3 is 0.945 bits per heavy atom. The third-order valence-corrected chi connectivity index (χ3v) is 9.46. The summed E-state index contributed by atoms with van der Waals surface area (Å²) in [6.07, 6.45) is 10.9. The zero-order valence-corrected chi connectivity index (χ0v) is 29.7. The Labute approximate surface area is 319 Å². The Balaban J connectivity index is 0.962. The molecule has 7 heteroatoms. The Morgan fingerprint density at radius 1 is 0.291 bits per heavy atom. The third-order valence-electron chi connectivity index (χ3n) is 9.46. The van der Waals surface area contributed by atoms with E-state index < -0.39 is 0 Å². The van der Waals surface area contributed by atoms with Crippen LogP contribution < -0.4 is 9.80 Å². The van der Waals surface area contributed by atoms with Crippen LogP contribution in [0.5, 0.6) is 0 Å². The molecule has 0 atom stereocenters. The number of rotatable bonds is 10. The zero-order valence-electron chi connectivity index (χ0n) is 29.7. The summed E-state index contributed by atoms with van der Waals surface area (Å²) >= 11 is 0. The lowest BCUT2D eigenvalue weighted by Gasteiger charge is -2.24. The second-order valence-corrected chi connectivity index (χ2v) is 12.9. The third kappa shape index (κ3) is 7.10. The first-order valence-electron chi connectivity index (χ1n) is 18.0. The fourth-order valence-electron chi connectivity index (χ4n) is 6.69. The molecule has 0 aliphatic rings. The van der Waals surface area contributed by atoms with Gasteiger partial charge in [0.25, 0.3) is 0 Å². The summed E-state index contributed by atoms with van der Waals surface area (Å²) in [6.45, 7) is 0. The number of aromatic nitrogens is 4. The average Bonchev–Trinajstić information content (AvgIpc) is 3.77. The molecule has 5 heterocycles. The van der Waals surface area contributed by atoms with Gasteiger partial charge in [0.05, 0.1) is 0 Å². The second kappa shape index (κ2) is 15.1. The molecule has 0 N–H and O–H groups in total. The normalized spacial score (nSPS) is 10.9. The molecule has 262 valence electrons. The van der Waals surface area contributed by atoms with Crippen LogP contribution in [0.4, 0.5) is 34.4 Å². The van der Waals surface area contributed by atoms with Crippen LogP contribution in [-0.2, 0) is 0 Å². The number of anilines is 6. The van der Waals surface area contributed by atoms with E-state index in [0.717, 1.165) is 79.3 Å². The molecule has 0 saturated carbocycles. The number of hydrogen-bond acceptors (Lipinski definition) is 7. The maximum atomic E-state index is 6.44. The standard InChI is InChI=1S/C48H34N6O/c1-3-29-51-47(5-1)53(41-15-7-35(8-16-41)37-25-31-49-32-26-37)43-19-11-39(12-20-43)45-23-24-46(55-45)40-13-21-44(22-14-40)54(48-6-2-4-30-52-48)42-17-9-36(10-18-42)38-27-33-50-34-28-38/h1-34H. The highest BCUT2D eigenvalue weighted by molar-refractivity contribution is 5.80. The summed E-state index contributed by atoms with van der Waals surface area (Å²) in [7, 11) is 0. The van der Waals surface area contributed by atoms with E-state index in [9.17, 15) is 0 Å². The molecule has 0 saturated heterocycles. The Morgan fingerprint density at radius 2 is 0.618 bits per heavy atom. The smallest absolute Gasteiger partial charge is 0.137 e. The lowest BCUT2D eigenvalue weighted by atomic mass is 10.1. The van der Waals surface area contributed by atoms with Crippen molar-refractivity contribution >= 4 is 34.4 Å². The minimum Gasteiger partial charge on any atom is -0.456 e. The van der Waals surface area contributed by atoms with Crippen molar-refractivity contribution in [1.29, 1.82) is 0 Å². The predicted octanol–water partition coefficient (Wildman–Crippen LogP) is 12.5. The van der Waals surface area contributed by atoms with Crippen LogP contribution in [0, 0.1) is 0 Å². The average molecular weight is 711 g/mol. The molecule has 0 aliphatic carbocycles. The number of hydrogen-bond donors (Lipinski definition) is 0. The molecule has 0 spiro atoms. The van der Waals surface area contributed by atoms with Gasteiger partial charge in [-0.3, -0.25) is 19.8 Å². The quantitative estimate of drug-likeness (QED) is 0.140. The first-order valence-corrected chi connectivity index (χ1v) is 18.0. The lowest BCUT2D eigenvalue weighted by Crippen LogP contribution is -2.11. The van der Waals surface area contributed by atoms with Crippen molar-refractivity contribution in [3.05, 3.63) is 207 Å². The van der Waals surface area contributed by atoms with E-state index in [0.29, 0.717) is 0 Å². The van der Waals surface area contributed by atoms with E-state index in [1.54, 1.807) is 0 Å². The van der Waals surface area contributed by atoms with Gasteiger partial charge < -0.3 is 4.42 Å². The molecule has 0 fully saturated rings. The van der Waals surface area contributed by atoms with Crippen LogP contribution in [0.25, 0.3) is 44.9 Å². The van der Waals surface area contributed by atoms with Crippen LogP contribution in [0.1, 0.15) is 0 Å². The topological polar surface area (TPSA) is 71.2 Å². The van der Waals surface area contributed by atoms with E-state index in [2.05, 4.69) is 127 Å². The van der Waals surface area contributed by atoms with E-state index in [1.807, 2.05) is 110 Å². The molecule has 9 rings (SSSR count). The highest BCUT2D eigenvalue weighted by Crippen LogP contribution is 2.38. The largest absolute Gasteiger partial charge is 0.456 e. The second-order valence-electron chi connectivity index (χ2n) is 12.9. The highest BCUT2D eigenvalue weighted by atomic mass is 16.3. The first kappa shape index (κ1) is 33.2. The van der Waals surface area contributed by atoms with Gasteiger partial charge in [-0.15, -0.1) is 0 Å². The SMILES string of the molecule is c1ccc(N(c2ccc(-c3ccncc3)cc2)c2ccc(-c3ccc(-c4ccc(N(c5ccc(-c6ccncc6)cc5)c5ccccn5)cc4)o3)cc2)nc1. The molecule has 0 radical (unpaired) electrons. The van der Waals surface area contributed by atoms with Crippen LogP contribution in [0.2, 0.25) is 0 Å². The first-order chi connectivity index (χ1) is 27.3. The van der Waals surface area contributed by atoms with Crippen molar-refractivity contribution in [2.75, 3.05) is 9.80 Å². The summed E-state index contributed by atoms with van der Waals surface area (Å²) in [6, 6.07) is 57.8. The minimum atomic E-state index is 0.793. The van der Waals surface area contributed by atoms with Gasteiger partial charge in [-0.1, -0.05) is 36.4 Å². The summed E-state index contributed by atoms with van der Waals surface area (Å²) in [5.74, 6) is 3.25. The van der Waals surface area contributed by atoms with Crippen molar-refractivity contribution in [3.63, 3.8) is 0 Å². The van der Waals surface area contributed by atoms with Crippen molar-refractivity contribution in [1.82, 2.24) is 19.9 Å². The molecular formula is C48H34N6O. The molecule has 55 heavy (non-hydrogen) atoms. The molecule has 7 nitrogen and oxygen atoms in total. The van der Waals surface area contributed by atoms with Crippen LogP contribution in [-0.4, -0.2) is 19.9 Å². The molecule has 0 amide bonds. The number of pyridine rings is 4. The summed E-state index contributed by atoms with van der Waals surface area (Å²) < 4.78 is 6.44. The van der Waals surface area contributed by atoms with Crippen molar-refractivity contribution in [2.45, 2.75) is 0 Å². The van der Waals surface area contributed by atoms with Gasteiger partial charge in [-0.2, -0.15) is 0 Å². The van der Waals surface area contributed by atoms with Gasteiger partial charge in [0.15, 0.2) is 0 Å². The maximum Gasteiger partial charge on any atom is 0.137 e. The fourth-order valence-corrected chi connectivity index (χ4v) is 6.69. The van der Waals surface area contributed by atoms with Gasteiger partial charge in [0.2, 0.25) is 0 Å². The molecule has 9 aromatic rings. The molecule has 0 bridgehead atoms. The summed E-state index contributed by atoms with van der Waals surface area (Å²) in [5, 5.41) is 0. The van der Waals surface area contributed by atoms with Crippen molar-refractivity contribution in [3.8, 4) is 44.9 Å². The number of nitrogens with zero attached hydrogens (tertiary/aromatic N) is 6. The van der Waals surface area contributed by atoms with Crippen LogP contribution in [0.3, 0.4) is 0 Å². The van der Waals surface area contributed by atoms with Gasteiger partial charge in [0.1, 0.15) is 23.2 Å². The lowest BCUT2D eigenvalue weighted by molar-refractivity contribution is 0.597. The van der Waals surface area contributed by atoms with Crippen molar-refractivity contribution < 1.29 is 4.42 Å². The minimum absolute atomic E-state index is 0.793. The Kier molecular flexibility index (Phi) is 9.15. The van der Waals surface area contributed by atoms with Gasteiger partial charge in [-0.05, 0) is 156 Å². The summed E-state index contributed by atoms with van der Waals surface area (Å²) in [4.78, 5) is 22.0. The van der Waals surface area contributed by atoms with Crippen LogP contribution >= 0.6 is 0 Å². The monoisotopic (exact) mass is 710 g/mol. The molecule has 0 unspecified atom stereocenters. The Bertz CT molecular complexity index is 2410. The summed E-state index contributed by atoms with van der Waals surface area (Å²) in [5.41, 5.74) is 10.5. The zero-order chi connectivity index (χ0) is 36.8. The fraction of sp³-hybridized carbons (Fsp3) is 0. The highest BCUT2D eigenvalue weighted by Gasteiger charge is 2.17. The number of benzene rings is 4. The van der Waals surface area contributed by atoms with E-state index in [4.69, 9.17) is 4.42 Å². The maximum absolute atomic E-state index is 6.44. The predicted molar refractivity (Wildman–Crippen MR) is 221 cm³/mol. The molecule has 0 aliphatic heterocycles. The van der Waals surface area contributed by atoms with E-state index >= 15 is 0 Å².